The lowest BCUT2D eigenvalue weighted by Crippen LogP contribution is -2.24. The van der Waals surface area contributed by atoms with Crippen molar-refractivity contribution in [2.24, 2.45) is 0 Å². The molecule has 0 aliphatic carbocycles. The molecule has 0 saturated heterocycles. The Hall–Kier alpha value is -1.31. The molecule has 0 atom stereocenters. The van der Waals surface area contributed by atoms with Gasteiger partial charge in [-0.05, 0) is 31.4 Å². The van der Waals surface area contributed by atoms with Gasteiger partial charge in [-0.15, -0.1) is 0 Å². The maximum Gasteiger partial charge on any atom is 0.223 e. The van der Waals surface area contributed by atoms with Crippen LogP contribution < -0.4 is 0 Å². The number of carbonyl (C=O) groups is 1. The second-order valence-electron chi connectivity index (χ2n) is 3.88. The first-order chi connectivity index (χ1) is 7.10. The summed E-state index contributed by atoms with van der Waals surface area (Å²) in [6.45, 7) is 10.4. The van der Waals surface area contributed by atoms with E-state index in [2.05, 4.69) is 26.5 Å². The first-order valence-electron chi connectivity index (χ1n) is 5.41. The molecule has 1 aliphatic heterocycles. The van der Waals surface area contributed by atoms with E-state index in [0.29, 0.717) is 0 Å². The average molecular weight is 205 g/mol. The molecule has 1 heterocycles. The van der Waals surface area contributed by atoms with Crippen molar-refractivity contribution in [1.82, 2.24) is 4.90 Å². The quantitative estimate of drug-likeness (QED) is 0.693. The molecular weight excluding hydrogens is 186 g/mol. The Morgan fingerprint density at radius 3 is 2.67 bits per heavy atom. The second kappa shape index (κ2) is 4.96. The highest BCUT2D eigenvalue weighted by Gasteiger charge is 2.21. The van der Waals surface area contributed by atoms with Gasteiger partial charge in [0.05, 0.1) is 0 Å². The van der Waals surface area contributed by atoms with E-state index in [1.807, 2.05) is 0 Å². The second-order valence-corrected chi connectivity index (χ2v) is 3.88. The minimum Gasteiger partial charge on any atom is -0.312 e. The molecule has 0 aromatic rings. The highest BCUT2D eigenvalue weighted by atomic mass is 16.2. The van der Waals surface area contributed by atoms with E-state index in [9.17, 15) is 4.79 Å². The predicted octanol–water partition coefficient (Wildman–Crippen LogP) is 3.04. The van der Waals surface area contributed by atoms with E-state index in [4.69, 9.17) is 0 Å². The van der Waals surface area contributed by atoms with Crippen LogP contribution in [0, 0.1) is 0 Å². The van der Waals surface area contributed by atoms with Gasteiger partial charge in [-0.3, -0.25) is 4.79 Å². The largest absolute Gasteiger partial charge is 0.312 e. The van der Waals surface area contributed by atoms with Gasteiger partial charge in [0.25, 0.3) is 0 Å². The van der Waals surface area contributed by atoms with Crippen molar-refractivity contribution >= 4 is 5.91 Å². The Bertz CT molecular complexity index is 336. The summed E-state index contributed by atoms with van der Waals surface area (Å²) in [7, 11) is 0. The summed E-state index contributed by atoms with van der Waals surface area (Å²) in [5.41, 5.74) is 3.56. The zero-order valence-corrected chi connectivity index (χ0v) is 9.84. The molecular formula is C13H19NO. The van der Waals surface area contributed by atoms with Gasteiger partial charge in [0, 0.05) is 19.2 Å². The van der Waals surface area contributed by atoms with Crippen LogP contribution in [0.25, 0.3) is 0 Å². The molecule has 1 aliphatic rings. The third kappa shape index (κ3) is 2.58. The monoisotopic (exact) mass is 205 g/mol. The Balaban J connectivity index is 3.00. The van der Waals surface area contributed by atoms with Crippen LogP contribution in [0.5, 0.6) is 0 Å². The molecule has 1 amide bonds. The molecule has 0 bridgehead atoms. The molecule has 0 radical (unpaired) electrons. The van der Waals surface area contributed by atoms with Gasteiger partial charge in [0.2, 0.25) is 5.91 Å². The van der Waals surface area contributed by atoms with Crippen LogP contribution >= 0.6 is 0 Å². The maximum absolute atomic E-state index is 11.3. The number of carbonyl (C=O) groups excluding carboxylic acids is 1. The van der Waals surface area contributed by atoms with Crippen LogP contribution in [0.1, 0.15) is 33.6 Å². The normalized spacial score (nSPS) is 17.3. The van der Waals surface area contributed by atoms with Crippen molar-refractivity contribution in [3.8, 4) is 0 Å². The van der Waals surface area contributed by atoms with Crippen molar-refractivity contribution in [2.45, 2.75) is 33.6 Å². The van der Waals surface area contributed by atoms with Crippen molar-refractivity contribution in [2.75, 3.05) is 6.54 Å². The van der Waals surface area contributed by atoms with Crippen LogP contribution in [0.15, 0.2) is 35.6 Å². The summed E-state index contributed by atoms with van der Waals surface area (Å²) in [6.07, 6.45) is 5.95. The smallest absolute Gasteiger partial charge is 0.223 e. The summed E-state index contributed by atoms with van der Waals surface area (Å²) in [6, 6.07) is 0. The molecule has 0 fully saturated rings. The first kappa shape index (κ1) is 11.8. The SMILES string of the molecule is C=CC1=C(/C=C(/C)CC)CCN1C(C)=O. The molecule has 1 rings (SSSR count). The molecule has 82 valence electrons. The summed E-state index contributed by atoms with van der Waals surface area (Å²) >= 11 is 0. The summed E-state index contributed by atoms with van der Waals surface area (Å²) in [5, 5.41) is 0. The highest BCUT2D eigenvalue weighted by molar-refractivity contribution is 5.77. The van der Waals surface area contributed by atoms with Gasteiger partial charge in [-0.25, -0.2) is 0 Å². The Labute approximate surface area is 92.0 Å². The first-order valence-corrected chi connectivity index (χ1v) is 5.41. The van der Waals surface area contributed by atoms with Crippen molar-refractivity contribution in [3.05, 3.63) is 35.6 Å². The number of hydrogen-bond acceptors (Lipinski definition) is 1. The molecule has 15 heavy (non-hydrogen) atoms. The highest BCUT2D eigenvalue weighted by Crippen LogP contribution is 2.26. The predicted molar refractivity (Wildman–Crippen MR) is 63.3 cm³/mol. The molecule has 0 aromatic carbocycles. The van der Waals surface area contributed by atoms with E-state index in [1.54, 1.807) is 17.9 Å². The van der Waals surface area contributed by atoms with E-state index in [0.717, 1.165) is 25.1 Å². The molecule has 0 N–H and O–H groups in total. The minimum absolute atomic E-state index is 0.0995. The fourth-order valence-corrected chi connectivity index (χ4v) is 1.77. The number of hydrogen-bond donors (Lipinski definition) is 0. The van der Waals surface area contributed by atoms with Gasteiger partial charge < -0.3 is 4.90 Å². The van der Waals surface area contributed by atoms with Crippen LogP contribution in [0.4, 0.5) is 0 Å². The summed E-state index contributed by atoms with van der Waals surface area (Å²) in [4.78, 5) is 13.1. The topological polar surface area (TPSA) is 20.3 Å². The van der Waals surface area contributed by atoms with Gasteiger partial charge in [-0.1, -0.05) is 25.2 Å². The lowest BCUT2D eigenvalue weighted by atomic mass is 10.1. The summed E-state index contributed by atoms with van der Waals surface area (Å²) in [5.74, 6) is 0.0995. The lowest BCUT2D eigenvalue weighted by molar-refractivity contribution is -0.126. The third-order valence-corrected chi connectivity index (χ3v) is 2.78. The standard InChI is InChI=1S/C13H19NO/c1-5-10(3)9-12-7-8-14(11(4)15)13(12)6-2/h6,9H,2,5,7-8H2,1,3-4H3/b10-9-. The van der Waals surface area contributed by atoms with Crippen LogP contribution in [0.2, 0.25) is 0 Å². The Morgan fingerprint density at radius 2 is 2.20 bits per heavy atom. The molecule has 2 heteroatoms. The summed E-state index contributed by atoms with van der Waals surface area (Å²) < 4.78 is 0. The Kier molecular flexibility index (Phi) is 3.89. The number of allylic oxidation sites excluding steroid dienone is 3. The average Bonchev–Trinajstić information content (AvgIpc) is 2.60. The van der Waals surface area contributed by atoms with Gasteiger partial charge >= 0.3 is 0 Å². The van der Waals surface area contributed by atoms with Gasteiger partial charge in [-0.2, -0.15) is 0 Å². The van der Waals surface area contributed by atoms with Crippen molar-refractivity contribution in [1.29, 1.82) is 0 Å². The fraction of sp³-hybridized carbons (Fsp3) is 0.462. The fourth-order valence-electron chi connectivity index (χ4n) is 1.77. The molecule has 2 nitrogen and oxygen atoms in total. The Morgan fingerprint density at radius 1 is 1.53 bits per heavy atom. The third-order valence-electron chi connectivity index (χ3n) is 2.78. The number of amides is 1. The number of nitrogens with zero attached hydrogens (tertiary/aromatic N) is 1. The zero-order valence-electron chi connectivity index (χ0n) is 9.84. The molecule has 0 unspecified atom stereocenters. The minimum atomic E-state index is 0.0995. The molecule has 0 aromatic heterocycles. The molecule has 0 spiro atoms. The van der Waals surface area contributed by atoms with E-state index < -0.39 is 0 Å². The van der Waals surface area contributed by atoms with E-state index >= 15 is 0 Å². The van der Waals surface area contributed by atoms with Gasteiger partial charge in [0.15, 0.2) is 0 Å². The van der Waals surface area contributed by atoms with E-state index in [1.165, 1.54) is 11.1 Å². The van der Waals surface area contributed by atoms with E-state index in [-0.39, 0.29) is 5.91 Å². The zero-order chi connectivity index (χ0) is 11.4. The van der Waals surface area contributed by atoms with Crippen LogP contribution in [-0.2, 0) is 4.79 Å². The maximum atomic E-state index is 11.3. The van der Waals surface area contributed by atoms with Crippen LogP contribution in [0.3, 0.4) is 0 Å². The number of rotatable bonds is 3. The van der Waals surface area contributed by atoms with Crippen LogP contribution in [-0.4, -0.2) is 17.4 Å². The lowest BCUT2D eigenvalue weighted by Gasteiger charge is -2.15. The van der Waals surface area contributed by atoms with Crippen molar-refractivity contribution < 1.29 is 4.79 Å². The van der Waals surface area contributed by atoms with Crippen molar-refractivity contribution in [3.63, 3.8) is 0 Å². The molecule has 0 saturated carbocycles. The van der Waals surface area contributed by atoms with Gasteiger partial charge in [0.1, 0.15) is 0 Å².